The third-order valence-corrected chi connectivity index (χ3v) is 7.20. The molecule has 1 aliphatic rings. The van der Waals surface area contributed by atoms with E-state index >= 15 is 0 Å². The van der Waals surface area contributed by atoms with Crippen LogP contribution < -0.4 is 10.6 Å². The molecule has 2 N–H and O–H groups in total. The average Bonchev–Trinajstić information content (AvgIpc) is 2.85. The smallest absolute Gasteiger partial charge is 0.252 e. The first-order valence-electron chi connectivity index (χ1n) is 12.3. The Balaban J connectivity index is 1.73. The molecule has 0 heterocycles. The van der Waals surface area contributed by atoms with E-state index < -0.39 is 6.04 Å². The van der Waals surface area contributed by atoms with Crippen molar-refractivity contribution in [2.75, 3.05) is 18.6 Å². The van der Waals surface area contributed by atoms with Gasteiger partial charge in [0.2, 0.25) is 0 Å². The topological polar surface area (TPSA) is 58.2 Å². The monoisotopic (exact) mass is 466 g/mol. The molecule has 3 rings (SSSR count). The van der Waals surface area contributed by atoms with Gasteiger partial charge in [-0.05, 0) is 85.9 Å². The van der Waals surface area contributed by atoms with Gasteiger partial charge >= 0.3 is 0 Å². The lowest BCUT2D eigenvalue weighted by Gasteiger charge is -2.22. The van der Waals surface area contributed by atoms with Crippen LogP contribution in [-0.2, 0) is 11.2 Å². The second kappa shape index (κ2) is 13.6. The molecule has 5 heteroatoms. The fourth-order valence-corrected chi connectivity index (χ4v) is 5.10. The highest BCUT2D eigenvalue weighted by Crippen LogP contribution is 2.29. The summed E-state index contributed by atoms with van der Waals surface area (Å²) in [5, 5.41) is 6.65. The molecule has 0 aliphatic heterocycles. The van der Waals surface area contributed by atoms with Crippen LogP contribution in [0.3, 0.4) is 0 Å². The number of aldehydes is 1. The minimum Gasteiger partial charge on any atom is -0.342 e. The minimum absolute atomic E-state index is 0.183. The molecule has 0 unspecified atom stereocenters. The van der Waals surface area contributed by atoms with Crippen molar-refractivity contribution in [3.63, 3.8) is 0 Å². The maximum Gasteiger partial charge on any atom is 0.252 e. The van der Waals surface area contributed by atoms with Crippen LogP contribution in [-0.4, -0.2) is 42.8 Å². The van der Waals surface area contributed by atoms with Crippen LogP contribution in [0.4, 0.5) is 0 Å². The molecule has 0 saturated heterocycles. The largest absolute Gasteiger partial charge is 0.342 e. The van der Waals surface area contributed by atoms with Gasteiger partial charge in [-0.15, -0.1) is 0 Å². The summed E-state index contributed by atoms with van der Waals surface area (Å²) in [5.74, 6) is 0.652. The Bertz CT molecular complexity index is 909. The number of benzene rings is 2. The summed E-state index contributed by atoms with van der Waals surface area (Å²) >= 11 is 1.68. The molecule has 1 aliphatic carbocycles. The fraction of sp³-hybridized carbons (Fsp3) is 0.500. The molecule has 1 atom stereocenters. The van der Waals surface area contributed by atoms with Crippen LogP contribution in [0.1, 0.15) is 66.4 Å². The molecule has 4 nitrogen and oxygen atoms in total. The van der Waals surface area contributed by atoms with Gasteiger partial charge < -0.3 is 15.4 Å². The number of carbonyl (C=O) groups is 2. The number of amides is 1. The number of rotatable bonds is 12. The Morgan fingerprint density at radius 2 is 1.91 bits per heavy atom. The standard InChI is InChI=1S/C28H38N2O2S/c1-21-9-6-7-13-25(21)27-19-22(10-8-17-29-23-11-4-3-5-12-23)14-15-26(27)28(32)30-24(20-31)16-18-33-2/h6-7,9,13-15,19-20,23-24,29H,3-5,8,10-12,16-18H2,1-2H3,(H,30,32)/t24-/m0/s1. The van der Waals surface area contributed by atoms with E-state index in [0.29, 0.717) is 18.0 Å². The van der Waals surface area contributed by atoms with Gasteiger partial charge in [0, 0.05) is 11.6 Å². The first-order chi connectivity index (χ1) is 16.1. The average molecular weight is 467 g/mol. The molecule has 33 heavy (non-hydrogen) atoms. The van der Waals surface area contributed by atoms with Crippen molar-refractivity contribution in [2.45, 2.75) is 70.4 Å². The zero-order valence-corrected chi connectivity index (χ0v) is 20.9. The molecule has 0 radical (unpaired) electrons. The van der Waals surface area contributed by atoms with Crippen LogP contribution in [0, 0.1) is 6.92 Å². The lowest BCUT2D eigenvalue weighted by molar-refractivity contribution is -0.109. The molecular weight excluding hydrogens is 428 g/mol. The van der Waals surface area contributed by atoms with E-state index in [4.69, 9.17) is 0 Å². The quantitative estimate of drug-likeness (QED) is 0.317. The Kier molecular flexibility index (Phi) is 10.5. The van der Waals surface area contributed by atoms with Gasteiger partial charge in [0.05, 0.1) is 6.04 Å². The Morgan fingerprint density at radius 1 is 1.12 bits per heavy atom. The maximum atomic E-state index is 13.1. The second-order valence-corrected chi connectivity index (χ2v) is 10.1. The zero-order chi connectivity index (χ0) is 23.5. The molecule has 0 bridgehead atoms. The summed E-state index contributed by atoms with van der Waals surface area (Å²) < 4.78 is 0. The van der Waals surface area contributed by atoms with E-state index in [1.165, 1.54) is 37.7 Å². The molecule has 1 fully saturated rings. The highest BCUT2D eigenvalue weighted by atomic mass is 32.2. The van der Waals surface area contributed by atoms with Crippen LogP contribution in [0.15, 0.2) is 42.5 Å². The van der Waals surface area contributed by atoms with Crippen molar-refractivity contribution in [3.8, 4) is 11.1 Å². The zero-order valence-electron chi connectivity index (χ0n) is 20.1. The summed E-state index contributed by atoms with van der Waals surface area (Å²) in [7, 11) is 0. The molecular formula is C28H38N2O2S. The predicted octanol–water partition coefficient (Wildman–Crippen LogP) is 5.57. The van der Waals surface area contributed by atoms with Gasteiger partial charge in [-0.2, -0.15) is 11.8 Å². The molecule has 2 aromatic carbocycles. The van der Waals surface area contributed by atoms with Crippen molar-refractivity contribution in [3.05, 3.63) is 59.2 Å². The SMILES string of the molecule is CSCC[C@@H](C=O)NC(=O)c1ccc(CCCNC2CCCCC2)cc1-c1ccccc1C. The third-order valence-electron chi connectivity index (χ3n) is 6.56. The summed E-state index contributed by atoms with van der Waals surface area (Å²) in [6.07, 6.45) is 12.2. The van der Waals surface area contributed by atoms with Crippen LogP contribution >= 0.6 is 11.8 Å². The molecule has 0 aromatic heterocycles. The number of hydrogen-bond donors (Lipinski definition) is 2. The van der Waals surface area contributed by atoms with Crippen molar-refractivity contribution in [2.24, 2.45) is 0 Å². The first-order valence-corrected chi connectivity index (χ1v) is 13.7. The summed E-state index contributed by atoms with van der Waals surface area (Å²) in [4.78, 5) is 24.6. The summed E-state index contributed by atoms with van der Waals surface area (Å²) in [5.41, 5.74) is 5.01. The van der Waals surface area contributed by atoms with E-state index in [9.17, 15) is 9.59 Å². The Labute approximate surface area is 203 Å². The predicted molar refractivity (Wildman–Crippen MR) is 140 cm³/mol. The van der Waals surface area contributed by atoms with Gasteiger partial charge in [-0.3, -0.25) is 4.79 Å². The maximum absolute atomic E-state index is 13.1. The number of hydrogen-bond acceptors (Lipinski definition) is 4. The Morgan fingerprint density at radius 3 is 2.64 bits per heavy atom. The lowest BCUT2D eigenvalue weighted by atomic mass is 9.92. The third kappa shape index (κ3) is 7.72. The second-order valence-electron chi connectivity index (χ2n) is 9.08. The van der Waals surface area contributed by atoms with E-state index in [2.05, 4.69) is 41.8 Å². The minimum atomic E-state index is -0.458. The van der Waals surface area contributed by atoms with Crippen molar-refractivity contribution in [1.29, 1.82) is 0 Å². The highest BCUT2D eigenvalue weighted by Gasteiger charge is 2.18. The van der Waals surface area contributed by atoms with Gasteiger partial charge in [0.25, 0.3) is 5.91 Å². The number of thioether (sulfide) groups is 1. The van der Waals surface area contributed by atoms with Gasteiger partial charge in [0.1, 0.15) is 6.29 Å². The van der Waals surface area contributed by atoms with Crippen LogP contribution in [0.2, 0.25) is 0 Å². The highest BCUT2D eigenvalue weighted by molar-refractivity contribution is 7.98. The molecule has 1 saturated carbocycles. The Hall–Kier alpha value is -2.11. The van der Waals surface area contributed by atoms with Crippen LogP contribution in [0.5, 0.6) is 0 Å². The normalized spacial score (nSPS) is 15.2. The van der Waals surface area contributed by atoms with Gasteiger partial charge in [-0.1, -0.05) is 55.7 Å². The van der Waals surface area contributed by atoms with Crippen molar-refractivity contribution < 1.29 is 9.59 Å². The van der Waals surface area contributed by atoms with E-state index in [1.807, 2.05) is 24.5 Å². The van der Waals surface area contributed by atoms with Crippen molar-refractivity contribution in [1.82, 2.24) is 10.6 Å². The molecule has 178 valence electrons. The number of carbonyl (C=O) groups excluding carboxylic acids is 2. The first kappa shape index (κ1) is 25.5. The number of nitrogens with one attached hydrogen (secondary N) is 2. The molecule has 2 aromatic rings. The molecule has 0 spiro atoms. The lowest BCUT2D eigenvalue weighted by Crippen LogP contribution is -2.36. The van der Waals surface area contributed by atoms with Gasteiger partial charge in [0.15, 0.2) is 0 Å². The number of aryl methyl sites for hydroxylation is 2. The van der Waals surface area contributed by atoms with Crippen LogP contribution in [0.25, 0.3) is 11.1 Å². The fourth-order valence-electron chi connectivity index (χ4n) is 4.61. The van der Waals surface area contributed by atoms with E-state index in [0.717, 1.165) is 48.1 Å². The van der Waals surface area contributed by atoms with Crippen molar-refractivity contribution >= 4 is 24.0 Å². The van der Waals surface area contributed by atoms with E-state index in [1.54, 1.807) is 11.8 Å². The summed E-state index contributed by atoms with van der Waals surface area (Å²) in [6, 6.07) is 14.6. The van der Waals surface area contributed by atoms with Gasteiger partial charge in [-0.25, -0.2) is 0 Å². The molecule has 1 amide bonds. The van der Waals surface area contributed by atoms with E-state index in [-0.39, 0.29) is 5.91 Å². The summed E-state index contributed by atoms with van der Waals surface area (Å²) in [6.45, 7) is 3.10.